The zero-order valence-corrected chi connectivity index (χ0v) is 19.0. The quantitative estimate of drug-likeness (QED) is 0.0670. The fourth-order valence-corrected chi connectivity index (χ4v) is 3.44. The van der Waals surface area contributed by atoms with Gasteiger partial charge < -0.3 is 9.84 Å². The Labute approximate surface area is 187 Å². The number of benzene rings is 1. The van der Waals surface area contributed by atoms with Gasteiger partial charge in [-0.3, -0.25) is 0 Å². The van der Waals surface area contributed by atoms with Crippen LogP contribution in [-0.2, 0) is 4.74 Å². The highest BCUT2D eigenvalue weighted by Gasteiger charge is 2.22. The highest BCUT2D eigenvalue weighted by atomic mass is 16.5. The van der Waals surface area contributed by atoms with Gasteiger partial charge in [0.1, 0.15) is 12.1 Å². The van der Waals surface area contributed by atoms with Crippen LogP contribution in [0.15, 0.2) is 47.6 Å². The van der Waals surface area contributed by atoms with Crippen LogP contribution >= 0.6 is 0 Å². The molecule has 0 aromatic heterocycles. The number of nitrogens with zero attached hydrogens (tertiary/aromatic N) is 3. The highest BCUT2D eigenvalue weighted by Crippen LogP contribution is 2.14. The van der Waals surface area contributed by atoms with Crippen LogP contribution in [0.3, 0.4) is 0 Å². The molecule has 0 amide bonds. The van der Waals surface area contributed by atoms with Gasteiger partial charge in [0.05, 0.1) is 12.2 Å². The number of rotatable bonds is 18. The van der Waals surface area contributed by atoms with Crippen molar-refractivity contribution in [1.82, 2.24) is 0 Å². The Morgan fingerprint density at radius 2 is 1.61 bits per heavy atom. The van der Waals surface area contributed by atoms with E-state index < -0.39 is 18.1 Å². The smallest absolute Gasteiger partial charge is 0.338 e. The number of ether oxygens (including phenoxy) is 1. The number of carbonyl (C=O) groups excluding carboxylic acids is 1. The van der Waals surface area contributed by atoms with Gasteiger partial charge >= 0.3 is 5.97 Å². The summed E-state index contributed by atoms with van der Waals surface area (Å²) >= 11 is 0. The summed E-state index contributed by atoms with van der Waals surface area (Å²) < 4.78 is 5.50. The van der Waals surface area contributed by atoms with Gasteiger partial charge in [0.2, 0.25) is 0 Å². The highest BCUT2D eigenvalue weighted by molar-refractivity contribution is 5.89. The Hall–Kier alpha value is -2.30. The molecule has 1 N–H and O–H groups in total. The van der Waals surface area contributed by atoms with Gasteiger partial charge in [-0.2, -0.15) is 0 Å². The van der Waals surface area contributed by atoms with Crippen LogP contribution in [0.2, 0.25) is 0 Å². The van der Waals surface area contributed by atoms with Crippen LogP contribution < -0.4 is 0 Å². The predicted octanol–water partition coefficient (Wildman–Crippen LogP) is 7.14. The first-order valence-electron chi connectivity index (χ1n) is 11.8. The number of esters is 1. The molecule has 0 aliphatic heterocycles. The largest absolute Gasteiger partial charge is 0.454 e. The first-order chi connectivity index (χ1) is 15.2. The predicted molar refractivity (Wildman–Crippen MR) is 126 cm³/mol. The molecule has 0 fully saturated rings. The molecule has 0 aliphatic carbocycles. The maximum absolute atomic E-state index is 12.3. The number of hydrogen-bond acceptors (Lipinski definition) is 4. The number of aliphatic hydroxyl groups excluding tert-OH is 1. The van der Waals surface area contributed by atoms with Crippen LogP contribution in [0.25, 0.3) is 10.4 Å². The summed E-state index contributed by atoms with van der Waals surface area (Å²) in [6, 6.07) is 7.81. The number of azide groups is 1. The summed E-state index contributed by atoms with van der Waals surface area (Å²) in [6.07, 6.45) is 18.0. The molecule has 6 nitrogen and oxygen atoms in total. The second-order valence-electron chi connectivity index (χ2n) is 7.94. The van der Waals surface area contributed by atoms with E-state index in [1.54, 1.807) is 30.3 Å². The Bertz CT molecular complexity index is 657. The number of unbranched alkanes of at least 4 members (excludes halogenated alkanes) is 11. The van der Waals surface area contributed by atoms with Gasteiger partial charge in [0.15, 0.2) is 0 Å². The zero-order chi connectivity index (χ0) is 22.6. The Kier molecular flexibility index (Phi) is 15.9. The van der Waals surface area contributed by atoms with Gasteiger partial charge in [-0.05, 0) is 36.6 Å². The minimum atomic E-state index is -0.841. The number of carbonyl (C=O) groups is 1. The third-order valence-electron chi connectivity index (χ3n) is 5.32. The third kappa shape index (κ3) is 12.9. The van der Waals surface area contributed by atoms with E-state index >= 15 is 0 Å². The lowest BCUT2D eigenvalue weighted by Crippen LogP contribution is -2.31. The molecule has 1 rings (SSSR count). The van der Waals surface area contributed by atoms with Crippen LogP contribution in [-0.4, -0.2) is 29.8 Å². The summed E-state index contributed by atoms with van der Waals surface area (Å²) in [5, 5.41) is 13.1. The van der Waals surface area contributed by atoms with E-state index in [4.69, 9.17) is 10.3 Å². The molecule has 172 valence electrons. The van der Waals surface area contributed by atoms with E-state index in [-0.39, 0.29) is 6.61 Å². The number of hydrogen-bond donors (Lipinski definition) is 1. The zero-order valence-electron chi connectivity index (χ0n) is 19.0. The normalized spacial score (nSPS) is 13.0. The minimum absolute atomic E-state index is 0.389. The Morgan fingerprint density at radius 3 is 2.16 bits per heavy atom. The van der Waals surface area contributed by atoms with Crippen molar-refractivity contribution in [1.29, 1.82) is 0 Å². The summed E-state index contributed by atoms with van der Waals surface area (Å²) in [6.45, 7) is 1.86. The molecular weight excluding hydrogens is 390 g/mol. The van der Waals surface area contributed by atoms with E-state index in [0.29, 0.717) is 5.56 Å². The molecule has 31 heavy (non-hydrogen) atoms. The molecule has 0 radical (unpaired) electrons. The van der Waals surface area contributed by atoms with Crippen LogP contribution in [0.1, 0.15) is 94.3 Å². The van der Waals surface area contributed by atoms with Crippen LogP contribution in [0, 0.1) is 0 Å². The van der Waals surface area contributed by atoms with Crippen molar-refractivity contribution < 1.29 is 14.6 Å². The van der Waals surface area contributed by atoms with E-state index in [1.807, 2.05) is 12.1 Å². The monoisotopic (exact) mass is 429 g/mol. The fourth-order valence-electron chi connectivity index (χ4n) is 3.44. The van der Waals surface area contributed by atoms with Crippen molar-refractivity contribution in [2.24, 2.45) is 5.11 Å². The molecule has 0 saturated heterocycles. The maximum Gasteiger partial charge on any atom is 0.338 e. The number of aliphatic hydroxyl groups is 1. The van der Waals surface area contributed by atoms with Gasteiger partial charge in [-0.25, -0.2) is 4.79 Å². The molecular formula is C25H39N3O3. The van der Waals surface area contributed by atoms with Gasteiger partial charge in [-0.1, -0.05) is 101 Å². The molecule has 0 heterocycles. The van der Waals surface area contributed by atoms with Crippen molar-refractivity contribution in [3.05, 3.63) is 58.5 Å². The summed E-state index contributed by atoms with van der Waals surface area (Å²) in [5.41, 5.74) is 9.15. The van der Waals surface area contributed by atoms with Crippen molar-refractivity contribution in [3.8, 4) is 0 Å². The molecule has 1 aromatic carbocycles. The average molecular weight is 430 g/mol. The van der Waals surface area contributed by atoms with E-state index in [0.717, 1.165) is 12.8 Å². The average Bonchev–Trinajstić information content (AvgIpc) is 2.80. The lowest BCUT2D eigenvalue weighted by atomic mass is 10.0. The van der Waals surface area contributed by atoms with E-state index in [1.165, 1.54) is 64.2 Å². The van der Waals surface area contributed by atoms with Gasteiger partial charge in [0, 0.05) is 4.91 Å². The topological polar surface area (TPSA) is 95.3 Å². The SMILES string of the molecule is CCCCCCCCCCCCC/C=C/[C@@H](OC(=O)c1ccccc1)[C@H](CO)N=[N+]=[N-]. The molecule has 0 aliphatic rings. The lowest BCUT2D eigenvalue weighted by molar-refractivity contribution is 0.0304. The lowest BCUT2D eigenvalue weighted by Gasteiger charge is -2.19. The van der Waals surface area contributed by atoms with Gasteiger partial charge in [0.25, 0.3) is 0 Å². The molecule has 0 saturated carbocycles. The van der Waals surface area contributed by atoms with Gasteiger partial charge in [-0.15, -0.1) is 0 Å². The Balaban J connectivity index is 2.32. The summed E-state index contributed by atoms with van der Waals surface area (Å²) in [7, 11) is 0. The second-order valence-corrected chi connectivity index (χ2v) is 7.94. The summed E-state index contributed by atoms with van der Waals surface area (Å²) in [4.78, 5) is 15.1. The van der Waals surface area contributed by atoms with E-state index in [2.05, 4.69) is 16.9 Å². The molecule has 2 atom stereocenters. The van der Waals surface area contributed by atoms with Crippen LogP contribution in [0.5, 0.6) is 0 Å². The minimum Gasteiger partial charge on any atom is -0.454 e. The molecule has 1 aromatic rings. The first-order valence-corrected chi connectivity index (χ1v) is 11.8. The molecule has 6 heteroatoms. The first kappa shape index (κ1) is 26.7. The van der Waals surface area contributed by atoms with Crippen LogP contribution in [0.4, 0.5) is 0 Å². The van der Waals surface area contributed by atoms with Crippen molar-refractivity contribution >= 4 is 5.97 Å². The third-order valence-corrected chi connectivity index (χ3v) is 5.32. The summed E-state index contributed by atoms with van der Waals surface area (Å²) in [5.74, 6) is -0.503. The second kappa shape index (κ2) is 18.5. The standard InChI is InChI=1S/C25H39N3O3/c1-2-3-4-5-6-7-8-9-10-11-12-13-17-20-24(23(21-29)27-28-26)31-25(30)22-18-15-14-16-19-22/h14-20,23-24,29H,2-13,21H2,1H3/b20-17+/t23-,24+/m0/s1. The molecule has 0 spiro atoms. The van der Waals surface area contributed by atoms with Crippen molar-refractivity contribution in [2.45, 2.75) is 96.1 Å². The van der Waals surface area contributed by atoms with E-state index in [9.17, 15) is 9.90 Å². The maximum atomic E-state index is 12.3. The molecule has 0 bridgehead atoms. The molecule has 0 unspecified atom stereocenters. The number of allylic oxidation sites excluding steroid dienone is 1. The van der Waals surface area contributed by atoms with Crippen molar-refractivity contribution in [2.75, 3.05) is 6.61 Å². The fraction of sp³-hybridized carbons (Fsp3) is 0.640. The Morgan fingerprint density at radius 1 is 1.03 bits per heavy atom. The van der Waals surface area contributed by atoms with Crippen molar-refractivity contribution in [3.63, 3.8) is 0 Å².